The average Bonchev–Trinajstić information content (AvgIpc) is 3.14. The Morgan fingerprint density at radius 2 is 2.25 bits per heavy atom. The fraction of sp³-hybridized carbons (Fsp3) is 0.588. The molecule has 3 rings (SSSR count). The first-order chi connectivity index (χ1) is 11.5. The molecule has 0 spiro atoms. The smallest absolute Gasteiger partial charge is 0.220 e. The molecular formula is C17H26N6O. The topological polar surface area (TPSA) is 76.8 Å². The van der Waals surface area contributed by atoms with Crippen molar-refractivity contribution >= 4 is 5.91 Å². The predicted octanol–water partition coefficient (Wildman–Crippen LogP) is 1.38. The first kappa shape index (κ1) is 16.7. The molecule has 1 amide bonds. The summed E-state index contributed by atoms with van der Waals surface area (Å²) in [6.07, 6.45) is 7.15. The van der Waals surface area contributed by atoms with Crippen molar-refractivity contribution in [3.63, 3.8) is 0 Å². The first-order valence-corrected chi connectivity index (χ1v) is 8.55. The number of carbonyl (C=O) groups is 1. The van der Waals surface area contributed by atoms with Crippen molar-refractivity contribution in [2.24, 2.45) is 13.0 Å². The summed E-state index contributed by atoms with van der Waals surface area (Å²) in [4.78, 5) is 11.8. The molecule has 1 aliphatic rings. The first-order valence-electron chi connectivity index (χ1n) is 8.55. The van der Waals surface area contributed by atoms with Gasteiger partial charge in [-0.3, -0.25) is 14.2 Å². The lowest BCUT2D eigenvalue weighted by atomic mass is 9.95. The van der Waals surface area contributed by atoms with Crippen molar-refractivity contribution in [1.29, 1.82) is 0 Å². The Bertz CT molecular complexity index is 689. The van der Waals surface area contributed by atoms with E-state index in [0.717, 1.165) is 30.8 Å². The number of hydrogen-bond acceptors (Lipinski definition) is 4. The molecule has 0 radical (unpaired) electrons. The molecule has 2 atom stereocenters. The summed E-state index contributed by atoms with van der Waals surface area (Å²) >= 11 is 0. The highest BCUT2D eigenvalue weighted by molar-refractivity contribution is 5.77. The molecule has 7 nitrogen and oxygen atoms in total. The van der Waals surface area contributed by atoms with Gasteiger partial charge in [-0.15, -0.1) is 0 Å². The quantitative estimate of drug-likeness (QED) is 0.839. The van der Waals surface area contributed by atoms with Gasteiger partial charge in [0.1, 0.15) is 0 Å². The average molecular weight is 330 g/mol. The third-order valence-corrected chi connectivity index (χ3v) is 4.39. The number of piperidine rings is 1. The van der Waals surface area contributed by atoms with Gasteiger partial charge in [0, 0.05) is 50.6 Å². The maximum absolute atomic E-state index is 11.8. The lowest BCUT2D eigenvalue weighted by Crippen LogP contribution is -2.48. The van der Waals surface area contributed by atoms with Crippen LogP contribution in [0.15, 0.2) is 24.7 Å². The Morgan fingerprint density at radius 3 is 2.96 bits per heavy atom. The van der Waals surface area contributed by atoms with Gasteiger partial charge in [-0.2, -0.15) is 10.2 Å². The van der Waals surface area contributed by atoms with Gasteiger partial charge < -0.3 is 10.6 Å². The number of hydrogen-bond donors (Lipinski definition) is 2. The van der Waals surface area contributed by atoms with Gasteiger partial charge in [-0.05, 0) is 18.4 Å². The van der Waals surface area contributed by atoms with E-state index < -0.39 is 0 Å². The molecule has 0 aromatic carbocycles. The summed E-state index contributed by atoms with van der Waals surface area (Å²) in [5, 5.41) is 15.3. The minimum absolute atomic E-state index is 0.0514. The van der Waals surface area contributed by atoms with Crippen LogP contribution in [0.5, 0.6) is 0 Å². The van der Waals surface area contributed by atoms with Crippen molar-refractivity contribution in [3.05, 3.63) is 35.9 Å². The van der Waals surface area contributed by atoms with Gasteiger partial charge in [-0.25, -0.2) is 0 Å². The molecule has 0 saturated carbocycles. The van der Waals surface area contributed by atoms with E-state index in [9.17, 15) is 4.79 Å². The largest absolute Gasteiger partial charge is 0.346 e. The maximum atomic E-state index is 11.8. The van der Waals surface area contributed by atoms with E-state index in [2.05, 4.69) is 40.9 Å². The van der Waals surface area contributed by atoms with Crippen LogP contribution in [0.2, 0.25) is 0 Å². The van der Waals surface area contributed by atoms with Gasteiger partial charge in [-0.1, -0.05) is 13.8 Å². The number of nitrogens with zero attached hydrogens (tertiary/aromatic N) is 4. The highest BCUT2D eigenvalue weighted by Gasteiger charge is 2.31. The Labute approximate surface area is 142 Å². The van der Waals surface area contributed by atoms with Crippen molar-refractivity contribution < 1.29 is 4.79 Å². The fourth-order valence-electron chi connectivity index (χ4n) is 3.21. The summed E-state index contributed by atoms with van der Waals surface area (Å²) in [5.41, 5.74) is 2.19. The number of amides is 1. The minimum atomic E-state index is -0.0514. The Hall–Kier alpha value is -2.15. The number of aromatic nitrogens is 4. The highest BCUT2D eigenvalue weighted by Crippen LogP contribution is 2.24. The molecule has 0 aliphatic carbocycles. The molecule has 1 fully saturated rings. The van der Waals surface area contributed by atoms with Crippen molar-refractivity contribution in [1.82, 2.24) is 30.2 Å². The number of aryl methyl sites for hydroxylation is 1. The van der Waals surface area contributed by atoms with Gasteiger partial charge in [0.15, 0.2) is 0 Å². The van der Waals surface area contributed by atoms with Crippen molar-refractivity contribution in [2.45, 2.75) is 51.9 Å². The van der Waals surface area contributed by atoms with Crippen LogP contribution in [0, 0.1) is 5.92 Å². The second-order valence-corrected chi connectivity index (χ2v) is 6.92. The molecule has 3 heterocycles. The van der Waals surface area contributed by atoms with Crippen LogP contribution in [0.1, 0.15) is 44.0 Å². The van der Waals surface area contributed by atoms with Crippen LogP contribution in [0.4, 0.5) is 0 Å². The lowest BCUT2D eigenvalue weighted by Gasteiger charge is -2.33. The zero-order valence-corrected chi connectivity index (χ0v) is 14.6. The standard InChI is InChI=1S/C17H26N6O/c1-12(2)10-23-11-13(9-20-23)8-18-14-4-5-16(24)21-17(14)15-6-7-19-22(15)3/h6-7,9,11-12,14,17-18H,4-5,8,10H2,1-3H3,(H,21,24)/t14-,17-/m1/s1. The molecule has 2 aromatic rings. The highest BCUT2D eigenvalue weighted by atomic mass is 16.1. The van der Waals surface area contributed by atoms with Gasteiger partial charge in [0.2, 0.25) is 5.91 Å². The Morgan fingerprint density at radius 1 is 1.42 bits per heavy atom. The predicted molar refractivity (Wildman–Crippen MR) is 91.0 cm³/mol. The van der Waals surface area contributed by atoms with Gasteiger partial charge >= 0.3 is 0 Å². The second-order valence-electron chi connectivity index (χ2n) is 6.92. The maximum Gasteiger partial charge on any atom is 0.220 e. The summed E-state index contributed by atoms with van der Waals surface area (Å²) < 4.78 is 3.81. The summed E-state index contributed by atoms with van der Waals surface area (Å²) in [5.74, 6) is 0.678. The van der Waals surface area contributed by atoms with Crippen LogP contribution in [0.25, 0.3) is 0 Å². The Balaban J connectivity index is 1.65. The fourth-order valence-corrected chi connectivity index (χ4v) is 3.21. The van der Waals surface area contributed by atoms with Crippen LogP contribution in [-0.2, 0) is 24.9 Å². The molecule has 2 N–H and O–H groups in total. The molecule has 0 unspecified atom stereocenters. The molecule has 1 aliphatic heterocycles. The summed E-state index contributed by atoms with van der Waals surface area (Å²) in [6, 6.07) is 2.10. The third-order valence-electron chi connectivity index (χ3n) is 4.39. The van der Waals surface area contributed by atoms with Crippen LogP contribution in [-0.4, -0.2) is 31.5 Å². The van der Waals surface area contributed by atoms with E-state index in [4.69, 9.17) is 0 Å². The van der Waals surface area contributed by atoms with E-state index in [1.165, 1.54) is 0 Å². The van der Waals surface area contributed by atoms with Crippen LogP contribution < -0.4 is 10.6 Å². The Kier molecular flexibility index (Phi) is 4.99. The van der Waals surface area contributed by atoms with E-state index in [1.54, 1.807) is 6.20 Å². The molecule has 130 valence electrons. The van der Waals surface area contributed by atoms with Crippen molar-refractivity contribution in [2.75, 3.05) is 0 Å². The SMILES string of the molecule is CC(C)Cn1cc(CN[C@@H]2CCC(=O)N[C@H]2c2ccnn2C)cn1. The molecule has 2 aromatic heterocycles. The normalized spacial score (nSPS) is 21.2. The minimum Gasteiger partial charge on any atom is -0.346 e. The molecular weight excluding hydrogens is 304 g/mol. The van der Waals surface area contributed by atoms with Gasteiger partial charge in [0.25, 0.3) is 0 Å². The zero-order valence-electron chi connectivity index (χ0n) is 14.6. The van der Waals surface area contributed by atoms with E-state index in [-0.39, 0.29) is 18.0 Å². The number of rotatable bonds is 6. The third kappa shape index (κ3) is 3.84. The number of carbonyl (C=O) groups excluding carboxylic acids is 1. The monoisotopic (exact) mass is 330 g/mol. The van der Waals surface area contributed by atoms with E-state index in [0.29, 0.717) is 12.3 Å². The second kappa shape index (κ2) is 7.17. The summed E-state index contributed by atoms with van der Waals surface area (Å²) in [7, 11) is 1.91. The lowest BCUT2D eigenvalue weighted by molar-refractivity contribution is -0.124. The summed E-state index contributed by atoms with van der Waals surface area (Å²) in [6.45, 7) is 6.04. The molecule has 7 heteroatoms. The van der Waals surface area contributed by atoms with Crippen LogP contribution in [0.3, 0.4) is 0 Å². The molecule has 1 saturated heterocycles. The van der Waals surface area contributed by atoms with Crippen LogP contribution >= 0.6 is 0 Å². The van der Waals surface area contributed by atoms with Gasteiger partial charge in [0.05, 0.1) is 17.9 Å². The molecule has 0 bridgehead atoms. The number of nitrogens with one attached hydrogen (secondary N) is 2. The zero-order chi connectivity index (χ0) is 17.1. The van der Waals surface area contributed by atoms with Crippen molar-refractivity contribution in [3.8, 4) is 0 Å². The van der Waals surface area contributed by atoms with E-state index in [1.807, 2.05) is 28.7 Å². The van der Waals surface area contributed by atoms with E-state index >= 15 is 0 Å². The molecule has 24 heavy (non-hydrogen) atoms.